The van der Waals surface area contributed by atoms with Crippen molar-refractivity contribution >= 4 is 0 Å². The predicted molar refractivity (Wildman–Crippen MR) is 19.8 cm³/mol. The summed E-state index contributed by atoms with van der Waals surface area (Å²) in [5, 5.41) is 0. The van der Waals surface area contributed by atoms with Gasteiger partial charge in [0.2, 0.25) is 0 Å². The van der Waals surface area contributed by atoms with Crippen molar-refractivity contribution in [2.75, 3.05) is 5.65 Å². The molecule has 5 heteroatoms. The first-order valence-electron chi connectivity index (χ1n) is 1.52. The Hall–Kier alpha value is -1.13. The van der Waals surface area contributed by atoms with Crippen LogP contribution in [0.4, 0.5) is 4.48 Å². The highest BCUT2D eigenvalue weighted by Crippen LogP contribution is 1.58. The zero-order valence-electron chi connectivity index (χ0n) is 3.14. The van der Waals surface area contributed by atoms with Crippen molar-refractivity contribution < 1.29 is 4.48 Å². The van der Waals surface area contributed by atoms with E-state index in [-0.39, 0.29) is 4.68 Å². The van der Waals surface area contributed by atoms with Crippen molar-refractivity contribution in [3.63, 3.8) is 0 Å². The molecule has 0 fully saturated rings. The fourth-order valence-corrected chi connectivity index (χ4v) is 0.212. The second-order valence-electron chi connectivity index (χ2n) is 1.03. The van der Waals surface area contributed by atoms with Crippen LogP contribution in [-0.2, 0) is 0 Å². The Morgan fingerprint density at radius 3 is 1.86 bits per heavy atom. The van der Waals surface area contributed by atoms with Crippen molar-refractivity contribution in [3.05, 3.63) is 20.7 Å². The summed E-state index contributed by atoms with van der Waals surface area (Å²) in [5.41, 5.74) is -0.789. The molecular weight excluding hydrogens is 103 g/mol. The predicted octanol–water partition coefficient (Wildman–Crippen LogP) is -1.49. The van der Waals surface area contributed by atoms with Crippen LogP contribution in [0, 0.1) is 0 Å². The molecule has 7 heavy (non-hydrogen) atoms. The topological polar surface area (TPSA) is 51.1 Å². The van der Waals surface area contributed by atoms with Gasteiger partial charge in [-0.05, 0) is 0 Å². The molecule has 0 atom stereocenters. The second kappa shape index (κ2) is 0.927. The summed E-state index contributed by atoms with van der Waals surface area (Å²) < 4.78 is 11.2. The van der Waals surface area contributed by atoms with Gasteiger partial charge in [-0.15, -0.1) is 4.68 Å². The van der Waals surface area contributed by atoms with Gasteiger partial charge in [-0.1, -0.05) is 4.48 Å². The largest absolute Gasteiger partial charge is 0.342 e. The van der Waals surface area contributed by atoms with E-state index in [1.807, 2.05) is 0 Å². The van der Waals surface area contributed by atoms with Crippen LogP contribution in [0.3, 0.4) is 0 Å². The van der Waals surface area contributed by atoms with Crippen LogP contribution in [-0.4, -0.2) is 4.68 Å². The molecule has 0 saturated carbocycles. The second-order valence-corrected chi connectivity index (χ2v) is 1.03. The maximum atomic E-state index is 10.9. The third-order valence-electron chi connectivity index (χ3n) is 0.624. The van der Waals surface area contributed by atoms with Gasteiger partial charge in [-0.2, -0.15) is 5.65 Å². The number of hydrogen-bond acceptors (Lipinski definition) is 3. The summed E-state index contributed by atoms with van der Waals surface area (Å²) in [6, 6.07) is 0. The lowest BCUT2D eigenvalue weighted by Crippen LogP contribution is -2.00. The van der Waals surface area contributed by atoms with Crippen LogP contribution in [0.1, 0.15) is 0 Å². The molecule has 0 saturated heterocycles. The number of halogens is 1. The Kier molecular flexibility index (Phi) is 0.535. The molecule has 0 bridgehead atoms. The molecule has 1 rings (SSSR count). The monoisotopic (exact) mass is 104 g/mol. The van der Waals surface area contributed by atoms with Crippen molar-refractivity contribution in [2.24, 2.45) is 0 Å². The summed E-state index contributed by atoms with van der Waals surface area (Å²) in [4.78, 5) is 19.4. The Balaban J connectivity index is 3.03. The van der Waals surface area contributed by atoms with Crippen LogP contribution in [0.2, 0.25) is 0 Å². The summed E-state index contributed by atoms with van der Waals surface area (Å²) in [6.45, 7) is 0. The van der Waals surface area contributed by atoms with Crippen molar-refractivity contribution in [2.45, 2.75) is 0 Å². The number of nitrogens with one attached hydrogen (secondary N) is 1. The van der Waals surface area contributed by atoms with Gasteiger partial charge in [0.1, 0.15) is 0 Å². The molecule has 0 amide bonds. The van der Waals surface area contributed by atoms with E-state index in [1.165, 1.54) is 0 Å². The Morgan fingerprint density at radius 2 is 1.86 bits per heavy atom. The molecule has 4 nitrogen and oxygen atoms in total. The van der Waals surface area contributed by atoms with Crippen LogP contribution in [0.5, 0.6) is 0 Å². The lowest BCUT2D eigenvalue weighted by Gasteiger charge is -1.72. The lowest BCUT2D eigenvalue weighted by atomic mass is 11.1. The molecule has 0 radical (unpaired) electrons. The molecule has 38 valence electrons. The van der Waals surface area contributed by atoms with Crippen molar-refractivity contribution in [3.8, 4) is 0 Å². The molecule has 1 aromatic rings. The molecule has 0 aliphatic rings. The fourth-order valence-electron chi connectivity index (χ4n) is 0.212. The van der Waals surface area contributed by atoms with Gasteiger partial charge in [-0.3, -0.25) is 9.59 Å². The lowest BCUT2D eigenvalue weighted by molar-refractivity contribution is 0.519. The van der Waals surface area contributed by atoms with Gasteiger partial charge in [-0.25, -0.2) is 0 Å². The third-order valence-corrected chi connectivity index (χ3v) is 0.624. The van der Waals surface area contributed by atoms with Gasteiger partial charge in [0.25, 0.3) is 0 Å². The fraction of sp³-hybridized carbons (Fsp3) is 0. The van der Waals surface area contributed by atoms with Gasteiger partial charge in [0.05, 0.1) is 0 Å². The Morgan fingerprint density at radius 1 is 1.43 bits per heavy atom. The van der Waals surface area contributed by atoms with Gasteiger partial charge >= 0.3 is 11.1 Å². The average molecular weight is 104 g/mol. The smallest absolute Gasteiger partial charge is 0.261 e. The summed E-state index contributed by atoms with van der Waals surface area (Å²) in [6.07, 6.45) is 0. The first kappa shape index (κ1) is 4.04. The quantitative estimate of drug-likeness (QED) is 0.349. The SMILES string of the molecule is O=c1c(=O)n1NF. The van der Waals surface area contributed by atoms with Crippen LogP contribution in [0.25, 0.3) is 0 Å². The number of hydrogen-bond donors (Lipinski definition) is 1. The molecule has 0 unspecified atom stereocenters. The molecule has 0 spiro atoms. The molecule has 0 aromatic carbocycles. The molecule has 0 aliphatic carbocycles. The normalized spacial score (nSPS) is 9.86. The molecule has 0 aliphatic heterocycles. The van der Waals surface area contributed by atoms with E-state index in [1.54, 1.807) is 0 Å². The zero-order chi connectivity index (χ0) is 5.44. The first-order valence-corrected chi connectivity index (χ1v) is 1.52. The maximum Gasteiger partial charge on any atom is 0.342 e. The van der Waals surface area contributed by atoms with E-state index in [9.17, 15) is 14.1 Å². The van der Waals surface area contributed by atoms with Gasteiger partial charge in [0, 0.05) is 0 Å². The Bertz CT molecular complexity index is 207. The zero-order valence-corrected chi connectivity index (χ0v) is 3.14. The molecule has 1 aromatic heterocycles. The van der Waals surface area contributed by atoms with Gasteiger partial charge < -0.3 is 0 Å². The summed E-state index contributed by atoms with van der Waals surface area (Å²) in [7, 11) is 0. The minimum absolute atomic E-state index is 0.264. The number of rotatable bonds is 1. The van der Waals surface area contributed by atoms with E-state index in [4.69, 9.17) is 0 Å². The van der Waals surface area contributed by atoms with E-state index in [0.717, 1.165) is 5.65 Å². The summed E-state index contributed by atoms with van der Waals surface area (Å²) in [5.74, 6) is 0. The third kappa shape index (κ3) is 0.339. The average Bonchev–Trinajstić information content (AvgIpc) is 2.17. The van der Waals surface area contributed by atoms with Crippen molar-refractivity contribution in [1.82, 2.24) is 4.68 Å². The Labute approximate surface area is 36.8 Å². The van der Waals surface area contributed by atoms with Crippen LogP contribution >= 0.6 is 0 Å². The minimum atomic E-state index is -0.831. The van der Waals surface area contributed by atoms with Gasteiger partial charge in [0.15, 0.2) is 0 Å². The molecule has 1 heterocycles. The molecule has 1 N–H and O–H groups in total. The first-order chi connectivity index (χ1) is 3.27. The van der Waals surface area contributed by atoms with E-state index in [2.05, 4.69) is 0 Å². The summed E-state index contributed by atoms with van der Waals surface area (Å²) >= 11 is 0. The highest BCUT2D eigenvalue weighted by atomic mass is 19.2. The highest BCUT2D eigenvalue weighted by molar-refractivity contribution is 4.89. The van der Waals surface area contributed by atoms with E-state index in [0.29, 0.717) is 0 Å². The van der Waals surface area contributed by atoms with Crippen LogP contribution < -0.4 is 16.8 Å². The standard InChI is InChI=1S/C2HFN2O2/c3-4-5-1(6)2(5)7/h4H. The van der Waals surface area contributed by atoms with E-state index >= 15 is 0 Å². The van der Waals surface area contributed by atoms with Crippen LogP contribution in [0.15, 0.2) is 9.59 Å². The minimum Gasteiger partial charge on any atom is -0.261 e. The number of aromatic nitrogens is 1. The maximum absolute atomic E-state index is 10.9. The number of nitrogens with zero attached hydrogens (tertiary/aromatic N) is 1. The van der Waals surface area contributed by atoms with Crippen molar-refractivity contribution in [1.29, 1.82) is 0 Å². The van der Waals surface area contributed by atoms with E-state index < -0.39 is 11.1 Å². The molecular formula is C2HFN2O2. The highest BCUT2D eigenvalue weighted by Gasteiger charge is 2.14.